The number of aryl methyl sites for hydroxylation is 3. The number of aromatic nitrogens is 2. The van der Waals surface area contributed by atoms with Crippen molar-refractivity contribution in [3.63, 3.8) is 0 Å². The highest BCUT2D eigenvalue weighted by atomic mass is 16.1. The Balaban J connectivity index is 1.57. The Morgan fingerprint density at radius 3 is 2.31 bits per heavy atom. The van der Waals surface area contributed by atoms with E-state index in [1.807, 2.05) is 75.4 Å². The molecule has 5 nitrogen and oxygen atoms in total. The van der Waals surface area contributed by atoms with E-state index in [2.05, 4.69) is 10.3 Å². The molecule has 1 atom stereocenters. The Bertz CT molecular complexity index is 1340. The van der Waals surface area contributed by atoms with Crippen LogP contribution in [0.2, 0.25) is 0 Å². The van der Waals surface area contributed by atoms with Crippen molar-refractivity contribution in [1.29, 1.82) is 0 Å². The van der Waals surface area contributed by atoms with Gasteiger partial charge in [-0.2, -0.15) is 0 Å². The Labute approximate surface area is 187 Å². The highest BCUT2D eigenvalue weighted by Crippen LogP contribution is 2.18. The molecule has 0 aliphatic rings. The van der Waals surface area contributed by atoms with Crippen LogP contribution >= 0.6 is 0 Å². The van der Waals surface area contributed by atoms with Crippen LogP contribution in [0.3, 0.4) is 0 Å². The van der Waals surface area contributed by atoms with Crippen molar-refractivity contribution >= 4 is 16.9 Å². The molecule has 0 bridgehead atoms. The van der Waals surface area contributed by atoms with Gasteiger partial charge in [-0.15, -0.1) is 0 Å². The predicted molar refractivity (Wildman–Crippen MR) is 128 cm³/mol. The van der Waals surface area contributed by atoms with E-state index in [0.717, 1.165) is 33.3 Å². The van der Waals surface area contributed by atoms with Gasteiger partial charge >= 0.3 is 0 Å². The minimum absolute atomic E-state index is 0.0835. The smallest absolute Gasteiger partial charge is 0.272 e. The summed E-state index contributed by atoms with van der Waals surface area (Å²) in [5, 5.41) is 3.03. The summed E-state index contributed by atoms with van der Waals surface area (Å²) in [6, 6.07) is 21.2. The van der Waals surface area contributed by atoms with Gasteiger partial charge in [-0.05, 0) is 74.2 Å². The first-order chi connectivity index (χ1) is 15.3. The van der Waals surface area contributed by atoms with E-state index in [0.29, 0.717) is 17.8 Å². The number of amides is 1. The van der Waals surface area contributed by atoms with E-state index >= 15 is 0 Å². The van der Waals surface area contributed by atoms with Gasteiger partial charge in [0.05, 0.1) is 23.6 Å². The average Bonchev–Trinajstić information content (AvgIpc) is 2.79. The van der Waals surface area contributed by atoms with Gasteiger partial charge in [0.1, 0.15) is 5.69 Å². The molecule has 4 rings (SSSR count). The van der Waals surface area contributed by atoms with Crippen LogP contribution in [0.15, 0.2) is 71.5 Å². The molecule has 1 amide bonds. The second kappa shape index (κ2) is 8.79. The van der Waals surface area contributed by atoms with E-state index < -0.39 is 0 Å². The highest BCUT2D eigenvalue weighted by molar-refractivity contribution is 5.94. The summed E-state index contributed by atoms with van der Waals surface area (Å²) in [5.74, 6) is -0.124. The molecule has 0 aliphatic heterocycles. The second-order valence-electron chi connectivity index (χ2n) is 8.32. The summed E-state index contributed by atoms with van der Waals surface area (Å²) in [6.07, 6.45) is 0. The number of nitrogens with one attached hydrogen (secondary N) is 1. The Morgan fingerprint density at radius 1 is 0.969 bits per heavy atom. The zero-order chi connectivity index (χ0) is 22.8. The molecule has 0 saturated heterocycles. The SMILES string of the molecule is Cc1cc2nc(C)c(=O)n(Cc3ccc(C(=O)N[C@@H](C)c4ccccc4)cc3)c2cc1C. The van der Waals surface area contributed by atoms with Crippen molar-refractivity contribution in [2.45, 2.75) is 40.3 Å². The lowest BCUT2D eigenvalue weighted by Crippen LogP contribution is -2.27. The first-order valence-electron chi connectivity index (χ1n) is 10.8. The molecule has 0 radical (unpaired) electrons. The molecule has 5 heteroatoms. The Hall–Kier alpha value is -3.73. The summed E-state index contributed by atoms with van der Waals surface area (Å²) in [6.45, 7) is 8.21. The van der Waals surface area contributed by atoms with Crippen LogP contribution in [0.1, 0.15) is 51.3 Å². The maximum atomic E-state index is 12.9. The molecule has 32 heavy (non-hydrogen) atoms. The summed E-state index contributed by atoms with van der Waals surface area (Å²) >= 11 is 0. The van der Waals surface area contributed by atoms with Gasteiger partial charge in [0.2, 0.25) is 0 Å². The van der Waals surface area contributed by atoms with E-state index in [9.17, 15) is 9.59 Å². The first kappa shape index (κ1) is 21.5. The number of carbonyl (C=O) groups excluding carboxylic acids is 1. The fourth-order valence-electron chi connectivity index (χ4n) is 3.83. The maximum absolute atomic E-state index is 12.9. The highest BCUT2D eigenvalue weighted by Gasteiger charge is 2.13. The summed E-state index contributed by atoms with van der Waals surface area (Å²) in [5.41, 5.74) is 6.88. The molecule has 3 aromatic carbocycles. The van der Waals surface area contributed by atoms with Crippen LogP contribution in [0.25, 0.3) is 11.0 Å². The zero-order valence-corrected chi connectivity index (χ0v) is 18.8. The third kappa shape index (κ3) is 4.33. The van der Waals surface area contributed by atoms with Crippen LogP contribution in [0.4, 0.5) is 0 Å². The van der Waals surface area contributed by atoms with Crippen LogP contribution in [0.5, 0.6) is 0 Å². The van der Waals surface area contributed by atoms with Gasteiger partial charge in [-0.25, -0.2) is 4.98 Å². The third-order valence-electron chi connectivity index (χ3n) is 5.93. The second-order valence-corrected chi connectivity index (χ2v) is 8.32. The van der Waals surface area contributed by atoms with Crippen LogP contribution in [-0.2, 0) is 6.54 Å². The van der Waals surface area contributed by atoms with Gasteiger partial charge < -0.3 is 9.88 Å². The molecule has 0 unspecified atom stereocenters. The first-order valence-corrected chi connectivity index (χ1v) is 10.8. The molecule has 0 saturated carbocycles. The number of fused-ring (bicyclic) bond motifs is 1. The molecule has 4 aromatic rings. The number of benzene rings is 3. The van der Waals surface area contributed by atoms with Gasteiger partial charge in [0.15, 0.2) is 0 Å². The Morgan fingerprint density at radius 2 is 1.62 bits per heavy atom. The van der Waals surface area contributed by atoms with Crippen LogP contribution in [-0.4, -0.2) is 15.5 Å². The summed E-state index contributed by atoms with van der Waals surface area (Å²) in [7, 11) is 0. The molecule has 162 valence electrons. The van der Waals surface area contributed by atoms with Crippen molar-refractivity contribution in [3.05, 3.63) is 111 Å². The minimum atomic E-state index is -0.124. The topological polar surface area (TPSA) is 64.0 Å². The van der Waals surface area contributed by atoms with Gasteiger partial charge in [0, 0.05) is 5.56 Å². The number of hydrogen-bond acceptors (Lipinski definition) is 3. The van der Waals surface area contributed by atoms with E-state index in [1.54, 1.807) is 23.6 Å². The standard InChI is InChI=1S/C27H27N3O2/c1-17-14-24-25(15-18(17)2)30(27(32)20(4)28-24)16-21-10-12-23(13-11-21)26(31)29-19(3)22-8-6-5-7-9-22/h5-15,19H,16H2,1-4H3,(H,29,31)/t19-/m0/s1. The molecular formula is C27H27N3O2. The predicted octanol–water partition coefficient (Wildman–Crippen LogP) is 4.86. The quantitative estimate of drug-likeness (QED) is 0.497. The lowest BCUT2D eigenvalue weighted by Gasteiger charge is -2.15. The molecule has 0 fully saturated rings. The number of hydrogen-bond donors (Lipinski definition) is 1. The molecule has 1 N–H and O–H groups in total. The van der Waals surface area contributed by atoms with E-state index in [1.165, 1.54) is 0 Å². The van der Waals surface area contributed by atoms with Crippen LogP contribution < -0.4 is 10.9 Å². The molecular weight excluding hydrogens is 398 g/mol. The molecule has 0 aliphatic carbocycles. The van der Waals surface area contributed by atoms with Gasteiger partial charge in [-0.3, -0.25) is 9.59 Å². The zero-order valence-electron chi connectivity index (χ0n) is 18.8. The normalized spacial score (nSPS) is 12.0. The monoisotopic (exact) mass is 425 g/mol. The van der Waals surface area contributed by atoms with Crippen molar-refractivity contribution in [3.8, 4) is 0 Å². The fraction of sp³-hybridized carbons (Fsp3) is 0.222. The third-order valence-corrected chi connectivity index (χ3v) is 5.93. The van der Waals surface area contributed by atoms with Crippen molar-refractivity contribution in [2.75, 3.05) is 0 Å². The van der Waals surface area contributed by atoms with Gasteiger partial charge in [-0.1, -0.05) is 42.5 Å². The fourth-order valence-corrected chi connectivity index (χ4v) is 3.83. The van der Waals surface area contributed by atoms with Crippen molar-refractivity contribution in [1.82, 2.24) is 14.9 Å². The largest absolute Gasteiger partial charge is 0.346 e. The van der Waals surface area contributed by atoms with Crippen molar-refractivity contribution in [2.24, 2.45) is 0 Å². The molecule has 1 heterocycles. The molecule has 1 aromatic heterocycles. The van der Waals surface area contributed by atoms with Crippen molar-refractivity contribution < 1.29 is 4.79 Å². The van der Waals surface area contributed by atoms with E-state index in [-0.39, 0.29) is 17.5 Å². The summed E-state index contributed by atoms with van der Waals surface area (Å²) < 4.78 is 1.76. The molecule has 0 spiro atoms. The summed E-state index contributed by atoms with van der Waals surface area (Å²) in [4.78, 5) is 30.0. The lowest BCUT2D eigenvalue weighted by molar-refractivity contribution is 0.0940. The maximum Gasteiger partial charge on any atom is 0.272 e. The van der Waals surface area contributed by atoms with E-state index in [4.69, 9.17) is 0 Å². The lowest BCUT2D eigenvalue weighted by atomic mass is 10.1. The average molecular weight is 426 g/mol. The Kier molecular flexibility index (Phi) is 5.91. The minimum Gasteiger partial charge on any atom is -0.346 e. The van der Waals surface area contributed by atoms with Gasteiger partial charge in [0.25, 0.3) is 11.5 Å². The number of rotatable bonds is 5. The van der Waals surface area contributed by atoms with Crippen LogP contribution in [0, 0.1) is 20.8 Å². The number of carbonyl (C=O) groups is 1. The number of nitrogens with zero attached hydrogens (tertiary/aromatic N) is 2.